The lowest BCUT2D eigenvalue weighted by atomic mass is 9.89. The Kier molecular flexibility index (Phi) is 6.36. The van der Waals surface area contributed by atoms with Crippen LogP contribution in [0.1, 0.15) is 52.0 Å². The highest BCUT2D eigenvalue weighted by atomic mass is 19.4. The van der Waals surface area contributed by atoms with Crippen LogP contribution in [0.4, 0.5) is 18.9 Å². The predicted octanol–water partition coefficient (Wildman–Crippen LogP) is 3.81. The van der Waals surface area contributed by atoms with Gasteiger partial charge < -0.3 is 25.7 Å². The Morgan fingerprint density at radius 1 is 1.26 bits per heavy atom. The van der Waals surface area contributed by atoms with Crippen molar-refractivity contribution in [3.63, 3.8) is 0 Å². The molecule has 0 radical (unpaired) electrons. The van der Waals surface area contributed by atoms with Crippen LogP contribution in [-0.2, 0) is 0 Å². The maximum Gasteiger partial charge on any atom is 0.573 e. The molecule has 0 unspecified atom stereocenters. The van der Waals surface area contributed by atoms with Gasteiger partial charge in [0, 0.05) is 49.2 Å². The molecular weight excluding hydrogens is 451 g/mol. The molecule has 34 heavy (non-hydrogen) atoms. The van der Waals surface area contributed by atoms with Gasteiger partial charge in [0.15, 0.2) is 0 Å². The predicted molar refractivity (Wildman–Crippen MR) is 120 cm³/mol. The number of carbonyl (C=O) groups is 2. The number of pyridine rings is 1. The molecular formula is C23H24F3N5O3. The lowest BCUT2D eigenvalue weighted by Crippen LogP contribution is -2.38. The second-order valence-corrected chi connectivity index (χ2v) is 8.09. The first-order valence-corrected chi connectivity index (χ1v) is 10.9. The standard InChI is InChI=1S/C23H24F3N5O3/c1-2-28-21(32)14-9-17-18(12-30-20(17)29-11-14)13-5-7-31(8-6-13)22(33)16-4-3-15(10-19(16)27)34-23(24,25)26/h3-4,9-13H,2,5-8,27H2,1H3,(H,28,32)(H,29,30). The summed E-state index contributed by atoms with van der Waals surface area (Å²) in [6, 6.07) is 5.15. The van der Waals surface area contributed by atoms with Gasteiger partial charge in [-0.2, -0.15) is 0 Å². The molecule has 8 nitrogen and oxygen atoms in total. The number of nitrogen functional groups attached to an aromatic ring is 1. The normalized spacial score (nSPS) is 14.9. The van der Waals surface area contributed by atoms with Crippen LogP contribution in [0, 0.1) is 0 Å². The Morgan fingerprint density at radius 2 is 2.00 bits per heavy atom. The number of alkyl halides is 3. The number of anilines is 1. The van der Waals surface area contributed by atoms with Crippen molar-refractivity contribution < 1.29 is 27.5 Å². The number of hydrogen-bond acceptors (Lipinski definition) is 5. The van der Waals surface area contributed by atoms with Gasteiger partial charge >= 0.3 is 6.36 Å². The SMILES string of the molecule is CCNC(=O)c1cnc2[nH]cc(C3CCN(C(=O)c4ccc(OC(F)(F)F)cc4N)CC3)c2c1. The molecule has 0 bridgehead atoms. The molecule has 3 heterocycles. The van der Waals surface area contributed by atoms with E-state index < -0.39 is 12.1 Å². The van der Waals surface area contributed by atoms with Gasteiger partial charge in [0.1, 0.15) is 11.4 Å². The van der Waals surface area contributed by atoms with Crippen molar-refractivity contribution in [2.24, 2.45) is 0 Å². The van der Waals surface area contributed by atoms with Crippen LogP contribution in [0.5, 0.6) is 5.75 Å². The fraction of sp³-hybridized carbons (Fsp3) is 0.348. The minimum atomic E-state index is -4.83. The summed E-state index contributed by atoms with van der Waals surface area (Å²) in [6.45, 7) is 3.28. The first kappa shape index (κ1) is 23.4. The second-order valence-electron chi connectivity index (χ2n) is 8.09. The number of carbonyl (C=O) groups excluding carboxylic acids is 2. The lowest BCUT2D eigenvalue weighted by molar-refractivity contribution is -0.274. The number of hydrogen-bond donors (Lipinski definition) is 3. The number of ether oxygens (including phenoxy) is 1. The number of nitrogens with zero attached hydrogens (tertiary/aromatic N) is 2. The molecule has 4 rings (SSSR count). The molecule has 1 saturated heterocycles. The zero-order valence-corrected chi connectivity index (χ0v) is 18.4. The van der Waals surface area contributed by atoms with Crippen LogP contribution in [0.15, 0.2) is 36.7 Å². The zero-order valence-electron chi connectivity index (χ0n) is 18.4. The fourth-order valence-electron chi connectivity index (χ4n) is 4.24. The summed E-state index contributed by atoms with van der Waals surface area (Å²) >= 11 is 0. The minimum absolute atomic E-state index is 0.0746. The van der Waals surface area contributed by atoms with Crippen LogP contribution in [0.3, 0.4) is 0 Å². The number of piperidine rings is 1. The second kappa shape index (κ2) is 9.24. The zero-order chi connectivity index (χ0) is 24.5. The van der Waals surface area contributed by atoms with Crippen LogP contribution in [0.2, 0.25) is 0 Å². The van der Waals surface area contributed by atoms with E-state index in [9.17, 15) is 22.8 Å². The number of aromatic amines is 1. The average Bonchev–Trinajstić information content (AvgIpc) is 3.21. The van der Waals surface area contributed by atoms with Gasteiger partial charge in [0.25, 0.3) is 11.8 Å². The molecule has 4 N–H and O–H groups in total. The number of likely N-dealkylation sites (tertiary alicyclic amines) is 1. The summed E-state index contributed by atoms with van der Waals surface area (Å²) in [5.74, 6) is -0.841. The molecule has 1 aromatic carbocycles. The number of nitrogens with two attached hydrogens (primary N) is 1. The molecule has 0 atom stereocenters. The molecule has 2 amide bonds. The maximum absolute atomic E-state index is 12.9. The molecule has 3 aromatic rings. The molecule has 180 valence electrons. The van der Waals surface area contributed by atoms with Crippen molar-refractivity contribution in [3.05, 3.63) is 53.3 Å². The number of amides is 2. The Hall–Kier alpha value is -3.76. The molecule has 0 aliphatic carbocycles. The Bertz CT molecular complexity index is 1220. The summed E-state index contributed by atoms with van der Waals surface area (Å²) in [4.78, 5) is 34.2. The fourth-order valence-corrected chi connectivity index (χ4v) is 4.24. The van der Waals surface area contributed by atoms with Crippen LogP contribution in [-0.4, -0.2) is 52.7 Å². The van der Waals surface area contributed by atoms with Gasteiger partial charge in [0.05, 0.1) is 11.1 Å². The monoisotopic (exact) mass is 475 g/mol. The van der Waals surface area contributed by atoms with E-state index in [1.54, 1.807) is 4.90 Å². The van der Waals surface area contributed by atoms with Gasteiger partial charge in [-0.25, -0.2) is 4.98 Å². The molecule has 0 spiro atoms. The number of aromatic nitrogens is 2. The highest BCUT2D eigenvalue weighted by molar-refractivity contribution is 5.99. The molecule has 11 heteroatoms. The quantitative estimate of drug-likeness (QED) is 0.486. The Balaban J connectivity index is 1.45. The van der Waals surface area contributed by atoms with Crippen molar-refractivity contribution in [2.45, 2.75) is 32.0 Å². The number of fused-ring (bicyclic) bond motifs is 1. The van der Waals surface area contributed by atoms with E-state index in [-0.39, 0.29) is 29.0 Å². The summed E-state index contributed by atoms with van der Waals surface area (Å²) in [6.07, 6.45) is -0.0557. The molecule has 1 aliphatic heterocycles. The van der Waals surface area contributed by atoms with Crippen LogP contribution >= 0.6 is 0 Å². The summed E-state index contributed by atoms with van der Waals surface area (Å²) < 4.78 is 41.1. The molecule has 1 fully saturated rings. The topological polar surface area (TPSA) is 113 Å². The number of halogens is 3. The smallest absolute Gasteiger partial charge is 0.406 e. The minimum Gasteiger partial charge on any atom is -0.406 e. The van der Waals surface area contributed by atoms with Gasteiger partial charge in [0.2, 0.25) is 0 Å². The van der Waals surface area contributed by atoms with Crippen molar-refractivity contribution in [2.75, 3.05) is 25.4 Å². The number of benzene rings is 1. The van der Waals surface area contributed by atoms with Crippen molar-refractivity contribution >= 4 is 28.5 Å². The van der Waals surface area contributed by atoms with E-state index in [2.05, 4.69) is 20.0 Å². The third-order valence-corrected chi connectivity index (χ3v) is 5.87. The van der Waals surface area contributed by atoms with Crippen LogP contribution in [0.25, 0.3) is 11.0 Å². The average molecular weight is 475 g/mol. The van der Waals surface area contributed by atoms with Gasteiger partial charge in [-0.3, -0.25) is 9.59 Å². The van der Waals surface area contributed by atoms with E-state index in [4.69, 9.17) is 5.73 Å². The first-order chi connectivity index (χ1) is 16.2. The summed E-state index contributed by atoms with van der Waals surface area (Å²) in [7, 11) is 0. The highest BCUT2D eigenvalue weighted by Crippen LogP contribution is 2.34. The third-order valence-electron chi connectivity index (χ3n) is 5.87. The first-order valence-electron chi connectivity index (χ1n) is 10.9. The number of H-pyrrole nitrogens is 1. The van der Waals surface area contributed by atoms with E-state index in [1.165, 1.54) is 12.3 Å². The number of rotatable bonds is 5. The van der Waals surface area contributed by atoms with Crippen LogP contribution < -0.4 is 15.8 Å². The maximum atomic E-state index is 12.9. The third kappa shape index (κ3) is 4.92. The molecule has 1 aliphatic rings. The van der Waals surface area contributed by atoms with Gasteiger partial charge in [-0.15, -0.1) is 13.2 Å². The van der Waals surface area contributed by atoms with Crippen molar-refractivity contribution in [1.29, 1.82) is 0 Å². The Morgan fingerprint density at radius 3 is 2.65 bits per heavy atom. The lowest BCUT2D eigenvalue weighted by Gasteiger charge is -2.32. The molecule has 0 saturated carbocycles. The summed E-state index contributed by atoms with van der Waals surface area (Å²) in [5, 5.41) is 3.64. The summed E-state index contributed by atoms with van der Waals surface area (Å²) in [5.41, 5.74) is 8.11. The van der Waals surface area contributed by atoms with Crippen molar-refractivity contribution in [1.82, 2.24) is 20.2 Å². The van der Waals surface area contributed by atoms with E-state index >= 15 is 0 Å². The molecule has 2 aromatic heterocycles. The van der Waals surface area contributed by atoms with Gasteiger partial charge in [-0.05, 0) is 49.4 Å². The Labute approximate surface area is 193 Å². The largest absolute Gasteiger partial charge is 0.573 e. The highest BCUT2D eigenvalue weighted by Gasteiger charge is 2.32. The van der Waals surface area contributed by atoms with E-state index in [1.807, 2.05) is 19.2 Å². The van der Waals surface area contributed by atoms with E-state index in [0.717, 1.165) is 23.1 Å². The van der Waals surface area contributed by atoms with Gasteiger partial charge in [-0.1, -0.05) is 0 Å². The van der Waals surface area contributed by atoms with Crippen molar-refractivity contribution in [3.8, 4) is 5.75 Å². The van der Waals surface area contributed by atoms with E-state index in [0.29, 0.717) is 43.7 Å². The number of nitrogens with one attached hydrogen (secondary N) is 2.